The van der Waals surface area contributed by atoms with Crippen molar-refractivity contribution in [1.82, 2.24) is 5.32 Å². The third kappa shape index (κ3) is 8.64. The molecule has 0 aromatic carbocycles. The molecule has 0 saturated heterocycles. The van der Waals surface area contributed by atoms with Crippen molar-refractivity contribution < 1.29 is 9.00 Å². The van der Waals surface area contributed by atoms with E-state index in [1.807, 2.05) is 6.92 Å². The predicted molar refractivity (Wildman–Crippen MR) is 77.8 cm³/mol. The Bertz CT molecular complexity index is 270. The highest BCUT2D eigenvalue weighted by Gasteiger charge is 2.14. The topological polar surface area (TPSA) is 72.2 Å². The summed E-state index contributed by atoms with van der Waals surface area (Å²) in [6.07, 6.45) is 3.93. The van der Waals surface area contributed by atoms with E-state index in [-0.39, 0.29) is 17.1 Å². The molecular formula is C13H28N2O2S. The molecule has 0 aliphatic heterocycles. The Balaban J connectivity index is 3.85. The van der Waals surface area contributed by atoms with Gasteiger partial charge in [0.1, 0.15) is 0 Å². The lowest BCUT2D eigenvalue weighted by molar-refractivity contribution is -0.122. The maximum absolute atomic E-state index is 11.7. The molecule has 0 aliphatic carbocycles. The molecule has 3 atom stereocenters. The van der Waals surface area contributed by atoms with Gasteiger partial charge in [-0.05, 0) is 31.2 Å². The van der Waals surface area contributed by atoms with Gasteiger partial charge in [-0.25, -0.2) is 0 Å². The second-order valence-electron chi connectivity index (χ2n) is 5.38. The predicted octanol–water partition coefficient (Wildman–Crippen LogP) is 1.27. The monoisotopic (exact) mass is 276 g/mol. The molecule has 0 rings (SSSR count). The highest BCUT2D eigenvalue weighted by molar-refractivity contribution is 7.84. The van der Waals surface area contributed by atoms with E-state index in [0.717, 1.165) is 12.8 Å². The van der Waals surface area contributed by atoms with Crippen molar-refractivity contribution in [3.8, 4) is 0 Å². The number of amides is 1. The van der Waals surface area contributed by atoms with Gasteiger partial charge in [0.05, 0.1) is 0 Å². The Hall–Kier alpha value is -0.420. The van der Waals surface area contributed by atoms with E-state index in [2.05, 4.69) is 19.2 Å². The number of hydrogen-bond donors (Lipinski definition) is 2. The maximum atomic E-state index is 11.7. The van der Waals surface area contributed by atoms with Crippen molar-refractivity contribution in [3.05, 3.63) is 0 Å². The summed E-state index contributed by atoms with van der Waals surface area (Å²) < 4.78 is 11.1. The van der Waals surface area contributed by atoms with Crippen LogP contribution in [0, 0.1) is 11.8 Å². The zero-order valence-corrected chi connectivity index (χ0v) is 12.9. The van der Waals surface area contributed by atoms with Gasteiger partial charge in [-0.15, -0.1) is 0 Å². The number of nitrogens with two attached hydrogens (primary N) is 1. The molecule has 0 heterocycles. The summed E-state index contributed by atoms with van der Waals surface area (Å²) in [6.45, 7) is 7.36. The lowest BCUT2D eigenvalue weighted by Crippen LogP contribution is -2.31. The van der Waals surface area contributed by atoms with Gasteiger partial charge in [-0.3, -0.25) is 9.00 Å². The molecule has 5 heteroatoms. The van der Waals surface area contributed by atoms with Crippen LogP contribution in [0.2, 0.25) is 0 Å². The van der Waals surface area contributed by atoms with E-state index in [1.54, 1.807) is 6.26 Å². The van der Waals surface area contributed by atoms with E-state index in [1.165, 1.54) is 0 Å². The molecule has 0 saturated carbocycles. The zero-order chi connectivity index (χ0) is 14.1. The van der Waals surface area contributed by atoms with Crippen LogP contribution < -0.4 is 11.1 Å². The van der Waals surface area contributed by atoms with E-state index in [9.17, 15) is 9.00 Å². The molecule has 0 spiro atoms. The van der Waals surface area contributed by atoms with Gasteiger partial charge >= 0.3 is 0 Å². The number of hydrogen-bond acceptors (Lipinski definition) is 3. The van der Waals surface area contributed by atoms with E-state index in [0.29, 0.717) is 25.4 Å². The SMILES string of the molecule is CC(C)C[C@H](CN)CC(=O)NCCC(C)S(C)=O. The molecule has 0 fully saturated rings. The second-order valence-corrected chi connectivity index (χ2v) is 7.19. The molecule has 1 amide bonds. The summed E-state index contributed by atoms with van der Waals surface area (Å²) in [5, 5.41) is 3.01. The smallest absolute Gasteiger partial charge is 0.220 e. The van der Waals surface area contributed by atoms with E-state index in [4.69, 9.17) is 5.73 Å². The van der Waals surface area contributed by atoms with Crippen LogP contribution in [0.5, 0.6) is 0 Å². The summed E-state index contributed by atoms with van der Waals surface area (Å²) in [7, 11) is -0.816. The van der Waals surface area contributed by atoms with E-state index < -0.39 is 10.8 Å². The highest BCUT2D eigenvalue weighted by atomic mass is 32.2. The van der Waals surface area contributed by atoms with Crippen molar-refractivity contribution in [1.29, 1.82) is 0 Å². The molecule has 3 N–H and O–H groups in total. The normalized spacial score (nSPS) is 16.3. The number of carbonyl (C=O) groups excluding carboxylic acids is 1. The molecule has 108 valence electrons. The van der Waals surface area contributed by atoms with Gasteiger partial charge < -0.3 is 11.1 Å². The van der Waals surface area contributed by atoms with Crippen molar-refractivity contribution >= 4 is 16.7 Å². The minimum atomic E-state index is -0.816. The molecule has 0 aliphatic rings. The van der Waals surface area contributed by atoms with Crippen molar-refractivity contribution in [2.75, 3.05) is 19.3 Å². The molecule has 0 aromatic heterocycles. The summed E-state index contributed by atoms with van der Waals surface area (Å²) in [5.74, 6) is 0.886. The van der Waals surface area contributed by atoms with Crippen LogP contribution >= 0.6 is 0 Å². The van der Waals surface area contributed by atoms with Gasteiger partial charge in [0.25, 0.3) is 0 Å². The molecular weight excluding hydrogens is 248 g/mol. The fourth-order valence-corrected chi connectivity index (χ4v) is 2.29. The standard InChI is InChI=1S/C13H28N2O2S/c1-10(2)7-12(9-14)8-13(16)15-6-5-11(3)18(4)17/h10-12H,5-9,14H2,1-4H3,(H,15,16)/t11?,12-,18?/m0/s1. The van der Waals surface area contributed by atoms with Crippen molar-refractivity contribution in [3.63, 3.8) is 0 Å². The van der Waals surface area contributed by atoms with Gasteiger partial charge in [-0.1, -0.05) is 20.8 Å². The Kier molecular flexibility index (Phi) is 9.28. The first-order chi connectivity index (χ1) is 8.36. The largest absolute Gasteiger partial charge is 0.356 e. The Morgan fingerprint density at radius 1 is 1.33 bits per heavy atom. The lowest BCUT2D eigenvalue weighted by atomic mass is 9.94. The van der Waals surface area contributed by atoms with Crippen LogP contribution in [0.4, 0.5) is 0 Å². The first-order valence-electron chi connectivity index (χ1n) is 6.65. The van der Waals surface area contributed by atoms with Crippen LogP contribution in [0.3, 0.4) is 0 Å². The van der Waals surface area contributed by atoms with E-state index >= 15 is 0 Å². The molecule has 0 radical (unpaired) electrons. The minimum absolute atomic E-state index is 0.0557. The zero-order valence-electron chi connectivity index (χ0n) is 12.1. The van der Waals surface area contributed by atoms with Crippen LogP contribution in [-0.4, -0.2) is 34.7 Å². The third-order valence-corrected chi connectivity index (χ3v) is 4.42. The molecule has 0 bridgehead atoms. The van der Waals surface area contributed by atoms with Gasteiger partial charge in [0.15, 0.2) is 0 Å². The summed E-state index contributed by atoms with van der Waals surface area (Å²) in [5.41, 5.74) is 5.67. The third-order valence-electron chi connectivity index (χ3n) is 3.05. The summed E-state index contributed by atoms with van der Waals surface area (Å²) in [6, 6.07) is 0. The fourth-order valence-electron chi connectivity index (χ4n) is 1.84. The van der Waals surface area contributed by atoms with Gasteiger partial charge in [-0.2, -0.15) is 0 Å². The first-order valence-corrected chi connectivity index (χ1v) is 8.27. The highest BCUT2D eigenvalue weighted by Crippen LogP contribution is 2.13. The Labute approximate surface area is 114 Å². The van der Waals surface area contributed by atoms with Crippen LogP contribution in [0.15, 0.2) is 0 Å². The summed E-state index contributed by atoms with van der Waals surface area (Å²) in [4.78, 5) is 11.7. The fraction of sp³-hybridized carbons (Fsp3) is 0.923. The Morgan fingerprint density at radius 3 is 2.39 bits per heavy atom. The molecule has 18 heavy (non-hydrogen) atoms. The molecule has 2 unspecified atom stereocenters. The Morgan fingerprint density at radius 2 is 1.94 bits per heavy atom. The van der Waals surface area contributed by atoms with Gasteiger partial charge in [0.2, 0.25) is 5.91 Å². The van der Waals surface area contributed by atoms with Crippen molar-refractivity contribution in [2.45, 2.75) is 45.3 Å². The minimum Gasteiger partial charge on any atom is -0.356 e. The second kappa shape index (κ2) is 9.50. The number of carbonyl (C=O) groups is 1. The first kappa shape index (κ1) is 17.6. The quantitative estimate of drug-likeness (QED) is 0.666. The van der Waals surface area contributed by atoms with Crippen LogP contribution in [0.25, 0.3) is 0 Å². The van der Waals surface area contributed by atoms with Gasteiger partial charge in [0, 0.05) is 35.3 Å². The van der Waals surface area contributed by atoms with Crippen LogP contribution in [0.1, 0.15) is 40.0 Å². The maximum Gasteiger partial charge on any atom is 0.220 e. The number of nitrogens with one attached hydrogen (secondary N) is 1. The van der Waals surface area contributed by atoms with Crippen LogP contribution in [-0.2, 0) is 15.6 Å². The average molecular weight is 276 g/mol. The molecule has 0 aromatic rings. The lowest BCUT2D eigenvalue weighted by Gasteiger charge is -2.17. The number of rotatable bonds is 9. The van der Waals surface area contributed by atoms with Crippen molar-refractivity contribution in [2.24, 2.45) is 17.6 Å². The molecule has 4 nitrogen and oxygen atoms in total. The summed E-state index contributed by atoms with van der Waals surface area (Å²) >= 11 is 0. The average Bonchev–Trinajstić information content (AvgIpc) is 2.27.